The van der Waals surface area contributed by atoms with Gasteiger partial charge >= 0.3 is 0 Å². The van der Waals surface area contributed by atoms with Gasteiger partial charge < -0.3 is 5.73 Å². The summed E-state index contributed by atoms with van der Waals surface area (Å²) in [6.07, 6.45) is 4.35. The van der Waals surface area contributed by atoms with Gasteiger partial charge in [-0.15, -0.1) is 11.8 Å². The third-order valence-electron chi connectivity index (χ3n) is 2.86. The summed E-state index contributed by atoms with van der Waals surface area (Å²) in [5, 5.41) is 0. The van der Waals surface area contributed by atoms with Crippen molar-refractivity contribution in [2.45, 2.75) is 17.9 Å². The molecule has 1 atom stereocenters. The zero-order valence-corrected chi connectivity index (χ0v) is 11.9. The Morgan fingerprint density at radius 3 is 2.37 bits per heavy atom. The molecule has 0 saturated carbocycles. The van der Waals surface area contributed by atoms with E-state index in [-0.39, 0.29) is 6.04 Å². The summed E-state index contributed by atoms with van der Waals surface area (Å²) < 4.78 is 0. The van der Waals surface area contributed by atoms with Gasteiger partial charge in [0.15, 0.2) is 0 Å². The van der Waals surface area contributed by atoms with E-state index >= 15 is 0 Å². The highest BCUT2D eigenvalue weighted by molar-refractivity contribution is 7.99. The fourth-order valence-electron chi connectivity index (χ4n) is 1.76. The lowest BCUT2D eigenvalue weighted by molar-refractivity contribution is 0.817. The molecule has 0 spiro atoms. The molecule has 0 radical (unpaired) electrons. The topological polar surface area (TPSA) is 26.0 Å². The average Bonchev–Trinajstić information content (AvgIpc) is 2.45. The molecule has 0 heterocycles. The van der Waals surface area contributed by atoms with Gasteiger partial charge in [0.1, 0.15) is 0 Å². The predicted octanol–water partition coefficient (Wildman–Crippen LogP) is 4.51. The smallest absolute Gasteiger partial charge is 0.0266 e. The fourth-order valence-corrected chi connectivity index (χ4v) is 2.47. The molecule has 0 aliphatic rings. The molecule has 98 valence electrons. The van der Waals surface area contributed by atoms with Crippen molar-refractivity contribution < 1.29 is 0 Å². The van der Waals surface area contributed by atoms with Crippen LogP contribution in [0, 0.1) is 0 Å². The summed E-state index contributed by atoms with van der Waals surface area (Å²) >= 11 is 1.83. The molecule has 2 N–H and O–H groups in total. The van der Waals surface area contributed by atoms with Crippen molar-refractivity contribution in [3.63, 3.8) is 0 Å². The van der Waals surface area contributed by atoms with Crippen molar-refractivity contribution in [2.24, 2.45) is 5.73 Å². The number of benzene rings is 2. The molecule has 0 fully saturated rings. The second-order valence-corrected chi connectivity index (χ2v) is 5.58. The van der Waals surface area contributed by atoms with Crippen molar-refractivity contribution in [3.8, 4) is 0 Å². The van der Waals surface area contributed by atoms with Crippen LogP contribution < -0.4 is 5.73 Å². The molecule has 2 rings (SSSR count). The van der Waals surface area contributed by atoms with Crippen molar-refractivity contribution in [2.75, 3.05) is 5.75 Å². The lowest BCUT2D eigenvalue weighted by atomic mass is 10.1. The van der Waals surface area contributed by atoms with E-state index in [0.717, 1.165) is 5.75 Å². The molecular formula is C17H19NS. The van der Waals surface area contributed by atoms with Crippen LogP contribution in [0.1, 0.15) is 24.1 Å². The molecule has 1 unspecified atom stereocenters. The van der Waals surface area contributed by atoms with Crippen LogP contribution in [0.15, 0.2) is 65.6 Å². The normalized spacial score (nSPS) is 12.7. The van der Waals surface area contributed by atoms with Crippen LogP contribution >= 0.6 is 11.8 Å². The fraction of sp³-hybridized carbons (Fsp3) is 0.176. The van der Waals surface area contributed by atoms with Gasteiger partial charge in [0.05, 0.1) is 0 Å². The minimum Gasteiger partial charge on any atom is -0.324 e. The summed E-state index contributed by atoms with van der Waals surface area (Å²) in [4.78, 5) is 1.28. The number of rotatable bonds is 5. The third kappa shape index (κ3) is 4.58. The van der Waals surface area contributed by atoms with E-state index in [0.29, 0.717) is 0 Å². The zero-order chi connectivity index (χ0) is 13.5. The Morgan fingerprint density at radius 1 is 1.05 bits per heavy atom. The van der Waals surface area contributed by atoms with Gasteiger partial charge in [-0.2, -0.15) is 0 Å². The number of hydrogen-bond acceptors (Lipinski definition) is 2. The van der Waals surface area contributed by atoms with Crippen molar-refractivity contribution in [1.29, 1.82) is 0 Å². The molecule has 0 amide bonds. The van der Waals surface area contributed by atoms with Gasteiger partial charge in [-0.25, -0.2) is 0 Å². The second-order valence-electron chi connectivity index (χ2n) is 4.48. The lowest BCUT2D eigenvalue weighted by Gasteiger charge is -2.05. The minimum atomic E-state index is 0.108. The molecular weight excluding hydrogens is 250 g/mol. The van der Waals surface area contributed by atoms with Crippen molar-refractivity contribution >= 4 is 17.8 Å². The summed E-state index contributed by atoms with van der Waals surface area (Å²) in [6.45, 7) is 2.00. The molecule has 0 saturated heterocycles. The number of hydrogen-bond donors (Lipinski definition) is 1. The second kappa shape index (κ2) is 7.17. The lowest BCUT2D eigenvalue weighted by Crippen LogP contribution is -2.04. The Labute approximate surface area is 119 Å². The van der Waals surface area contributed by atoms with E-state index in [1.165, 1.54) is 16.0 Å². The standard InChI is InChI=1S/C17H19NS/c1-14(18)16-9-11-17(12-10-16)19-13-5-8-15-6-3-2-4-7-15/h2-12,14H,13,18H2,1H3. The first-order valence-corrected chi connectivity index (χ1v) is 7.44. The molecule has 0 aromatic heterocycles. The van der Waals surface area contributed by atoms with Crippen LogP contribution in [0.5, 0.6) is 0 Å². The van der Waals surface area contributed by atoms with Gasteiger partial charge in [-0.3, -0.25) is 0 Å². The zero-order valence-electron chi connectivity index (χ0n) is 11.1. The maximum Gasteiger partial charge on any atom is 0.0266 e. The SMILES string of the molecule is CC(N)c1ccc(SCC=Cc2ccccc2)cc1. The molecule has 1 nitrogen and oxygen atoms in total. The Kier molecular flexibility index (Phi) is 5.25. The van der Waals surface area contributed by atoms with Gasteiger partial charge in [0.25, 0.3) is 0 Å². The van der Waals surface area contributed by atoms with Crippen LogP contribution in [0.25, 0.3) is 6.08 Å². The predicted molar refractivity (Wildman–Crippen MR) is 85.2 cm³/mol. The van der Waals surface area contributed by atoms with E-state index in [2.05, 4.69) is 60.7 Å². The summed E-state index contributed by atoms with van der Waals surface area (Å²) in [6, 6.07) is 19.0. The molecule has 2 aromatic carbocycles. The number of thioether (sulfide) groups is 1. The molecule has 19 heavy (non-hydrogen) atoms. The van der Waals surface area contributed by atoms with Crippen LogP contribution in [-0.4, -0.2) is 5.75 Å². The summed E-state index contributed by atoms with van der Waals surface area (Å²) in [5.74, 6) is 0.979. The van der Waals surface area contributed by atoms with E-state index in [4.69, 9.17) is 5.73 Å². The van der Waals surface area contributed by atoms with Crippen molar-refractivity contribution in [3.05, 3.63) is 71.8 Å². The first-order valence-electron chi connectivity index (χ1n) is 6.45. The highest BCUT2D eigenvalue weighted by Gasteiger charge is 1.98. The minimum absolute atomic E-state index is 0.108. The highest BCUT2D eigenvalue weighted by atomic mass is 32.2. The van der Waals surface area contributed by atoms with Crippen LogP contribution in [0.3, 0.4) is 0 Å². The van der Waals surface area contributed by atoms with Gasteiger partial charge in [-0.05, 0) is 30.2 Å². The summed E-state index contributed by atoms with van der Waals surface area (Å²) in [5.41, 5.74) is 8.26. The molecule has 2 aromatic rings. The molecule has 0 aliphatic carbocycles. The molecule has 0 bridgehead atoms. The van der Waals surface area contributed by atoms with E-state index < -0.39 is 0 Å². The molecule has 2 heteroatoms. The first-order chi connectivity index (χ1) is 9.25. The summed E-state index contributed by atoms with van der Waals surface area (Å²) in [7, 11) is 0. The molecule has 0 aliphatic heterocycles. The van der Waals surface area contributed by atoms with Gasteiger partial charge in [-0.1, -0.05) is 54.6 Å². The Balaban J connectivity index is 1.84. The monoisotopic (exact) mass is 269 g/mol. The van der Waals surface area contributed by atoms with Crippen LogP contribution in [0.4, 0.5) is 0 Å². The van der Waals surface area contributed by atoms with Crippen LogP contribution in [0.2, 0.25) is 0 Å². The first kappa shape index (κ1) is 13.9. The Hall–Kier alpha value is -1.51. The third-order valence-corrected chi connectivity index (χ3v) is 3.83. The van der Waals surface area contributed by atoms with Crippen molar-refractivity contribution in [1.82, 2.24) is 0 Å². The maximum absolute atomic E-state index is 5.83. The average molecular weight is 269 g/mol. The highest BCUT2D eigenvalue weighted by Crippen LogP contribution is 2.20. The quantitative estimate of drug-likeness (QED) is 0.808. The van der Waals surface area contributed by atoms with Gasteiger partial charge in [0, 0.05) is 16.7 Å². The van der Waals surface area contributed by atoms with Crippen LogP contribution in [-0.2, 0) is 0 Å². The van der Waals surface area contributed by atoms with E-state index in [9.17, 15) is 0 Å². The maximum atomic E-state index is 5.83. The van der Waals surface area contributed by atoms with E-state index in [1.807, 2.05) is 24.8 Å². The van der Waals surface area contributed by atoms with E-state index in [1.54, 1.807) is 0 Å². The van der Waals surface area contributed by atoms with Gasteiger partial charge in [0.2, 0.25) is 0 Å². The number of nitrogens with two attached hydrogens (primary N) is 1. The Bertz CT molecular complexity index is 515. The largest absolute Gasteiger partial charge is 0.324 e. The Morgan fingerprint density at radius 2 is 1.74 bits per heavy atom.